The molecule has 0 fully saturated rings. The zero-order chi connectivity index (χ0) is 15.7. The predicted molar refractivity (Wildman–Crippen MR) is 83.2 cm³/mol. The van der Waals surface area contributed by atoms with Crippen LogP contribution in [0.1, 0.15) is 49.2 Å². The van der Waals surface area contributed by atoms with Gasteiger partial charge in [-0.15, -0.1) is 0 Å². The molecule has 1 aromatic carbocycles. The normalized spacial score (nSPS) is 24.4. The van der Waals surface area contributed by atoms with E-state index in [1.54, 1.807) is 26.1 Å². The summed E-state index contributed by atoms with van der Waals surface area (Å²) >= 11 is 0. The number of fused-ring (bicyclic) bond motifs is 1. The zero-order valence-corrected chi connectivity index (χ0v) is 13.0. The predicted octanol–water partition coefficient (Wildman–Crippen LogP) is 1.83. The van der Waals surface area contributed by atoms with Crippen molar-refractivity contribution in [2.45, 2.75) is 39.3 Å². The van der Waals surface area contributed by atoms with Gasteiger partial charge in [0, 0.05) is 37.3 Å². The van der Waals surface area contributed by atoms with E-state index in [1.807, 2.05) is 11.0 Å². The minimum atomic E-state index is -0.176. The molecule has 0 spiro atoms. The second-order valence-corrected chi connectivity index (χ2v) is 5.60. The number of carbonyl (C=O) groups is 2. The molecule has 5 heteroatoms. The fourth-order valence-electron chi connectivity index (χ4n) is 3.22. The lowest BCUT2D eigenvalue weighted by atomic mass is 9.81. The Hall–Kier alpha value is -1.88. The number of hydrogen-bond donors (Lipinski definition) is 2. The van der Waals surface area contributed by atoms with Crippen LogP contribution in [0.5, 0.6) is 0 Å². The number of anilines is 1. The van der Waals surface area contributed by atoms with E-state index in [4.69, 9.17) is 5.73 Å². The lowest BCUT2D eigenvalue weighted by molar-refractivity contribution is -0.117. The van der Waals surface area contributed by atoms with Crippen molar-refractivity contribution in [3.8, 4) is 0 Å². The number of hydrogen-bond acceptors (Lipinski definition) is 3. The van der Waals surface area contributed by atoms with Crippen LogP contribution in [0.3, 0.4) is 0 Å². The van der Waals surface area contributed by atoms with Gasteiger partial charge in [0.25, 0.3) is 5.91 Å². The van der Waals surface area contributed by atoms with Crippen molar-refractivity contribution in [2.75, 3.05) is 11.9 Å². The molecule has 0 aromatic heterocycles. The molecule has 0 radical (unpaired) electrons. The molecule has 0 aliphatic carbocycles. The number of amides is 2. The molecule has 0 unspecified atom stereocenters. The lowest BCUT2D eigenvalue weighted by Gasteiger charge is -2.43. The number of benzene rings is 1. The van der Waals surface area contributed by atoms with Gasteiger partial charge in [0.05, 0.1) is 0 Å². The Morgan fingerprint density at radius 1 is 1.38 bits per heavy atom. The summed E-state index contributed by atoms with van der Waals surface area (Å²) < 4.78 is 0. The second kappa shape index (κ2) is 5.85. The molecule has 3 N–H and O–H groups in total. The van der Waals surface area contributed by atoms with Crippen LogP contribution in [0.4, 0.5) is 5.69 Å². The Labute approximate surface area is 125 Å². The number of nitrogens with zero attached hydrogens (tertiary/aromatic N) is 1. The fourth-order valence-corrected chi connectivity index (χ4v) is 3.22. The quantitative estimate of drug-likeness (QED) is 0.872. The third-order valence-corrected chi connectivity index (χ3v) is 4.40. The van der Waals surface area contributed by atoms with Crippen LogP contribution in [-0.2, 0) is 4.79 Å². The van der Waals surface area contributed by atoms with Crippen molar-refractivity contribution in [1.29, 1.82) is 0 Å². The number of carbonyl (C=O) groups excluding carboxylic acids is 2. The molecule has 2 amide bonds. The first-order chi connectivity index (χ1) is 9.92. The van der Waals surface area contributed by atoms with Gasteiger partial charge in [-0.3, -0.25) is 9.59 Å². The van der Waals surface area contributed by atoms with Gasteiger partial charge >= 0.3 is 0 Å². The molecule has 0 saturated carbocycles. The minimum absolute atomic E-state index is 0.00884. The van der Waals surface area contributed by atoms with Gasteiger partial charge in [0.15, 0.2) is 0 Å². The monoisotopic (exact) mass is 289 g/mol. The van der Waals surface area contributed by atoms with Crippen molar-refractivity contribution in [1.82, 2.24) is 5.32 Å². The third kappa shape index (κ3) is 2.53. The van der Waals surface area contributed by atoms with Gasteiger partial charge < -0.3 is 16.0 Å². The summed E-state index contributed by atoms with van der Waals surface area (Å²) in [4.78, 5) is 25.7. The summed E-state index contributed by atoms with van der Waals surface area (Å²) in [6.07, 6.45) is 0.852. The Kier molecular flexibility index (Phi) is 4.32. The molecular formula is C16H23N3O2. The maximum Gasteiger partial charge on any atom is 0.251 e. The molecule has 21 heavy (non-hydrogen) atoms. The van der Waals surface area contributed by atoms with Crippen LogP contribution in [0.15, 0.2) is 18.2 Å². The number of nitrogens with one attached hydrogen (secondary N) is 1. The van der Waals surface area contributed by atoms with Gasteiger partial charge in [-0.05, 0) is 36.1 Å². The van der Waals surface area contributed by atoms with E-state index in [2.05, 4.69) is 19.2 Å². The summed E-state index contributed by atoms with van der Waals surface area (Å²) in [5, 5.41) is 2.61. The van der Waals surface area contributed by atoms with E-state index >= 15 is 0 Å². The van der Waals surface area contributed by atoms with E-state index in [0.717, 1.165) is 17.7 Å². The van der Waals surface area contributed by atoms with Gasteiger partial charge in [-0.1, -0.05) is 13.8 Å². The molecule has 2 rings (SSSR count). The minimum Gasteiger partial charge on any atom is -0.355 e. The molecule has 1 aliphatic rings. The van der Waals surface area contributed by atoms with E-state index in [0.29, 0.717) is 5.56 Å². The van der Waals surface area contributed by atoms with Crippen LogP contribution in [-0.4, -0.2) is 24.9 Å². The highest BCUT2D eigenvalue weighted by Gasteiger charge is 2.38. The van der Waals surface area contributed by atoms with E-state index < -0.39 is 0 Å². The smallest absolute Gasteiger partial charge is 0.251 e. The maximum atomic E-state index is 12.1. The highest BCUT2D eigenvalue weighted by atomic mass is 16.2. The average molecular weight is 289 g/mol. The first-order valence-corrected chi connectivity index (χ1v) is 7.33. The summed E-state index contributed by atoms with van der Waals surface area (Å²) in [5.74, 6) is 0.00511. The van der Waals surface area contributed by atoms with Crippen LogP contribution in [0.25, 0.3) is 0 Å². The van der Waals surface area contributed by atoms with Gasteiger partial charge in [0.1, 0.15) is 0 Å². The maximum absolute atomic E-state index is 12.1. The van der Waals surface area contributed by atoms with Crippen LogP contribution in [0, 0.1) is 5.92 Å². The zero-order valence-electron chi connectivity index (χ0n) is 13.0. The van der Waals surface area contributed by atoms with Crippen LogP contribution in [0.2, 0.25) is 0 Å². The van der Waals surface area contributed by atoms with Gasteiger partial charge in [0.2, 0.25) is 5.91 Å². The second-order valence-electron chi connectivity index (χ2n) is 5.60. The molecule has 0 saturated heterocycles. The highest BCUT2D eigenvalue weighted by molar-refractivity contribution is 5.97. The van der Waals surface area contributed by atoms with Gasteiger partial charge in [-0.2, -0.15) is 0 Å². The molecule has 114 valence electrons. The SMILES string of the molecule is CC[C@H]1[C@H](C)[C@@H](N)c2cc(C(=O)NC)ccc2N1C(C)=O. The summed E-state index contributed by atoms with van der Waals surface area (Å²) in [6, 6.07) is 5.29. The average Bonchev–Trinajstić information content (AvgIpc) is 2.48. The van der Waals surface area contributed by atoms with Crippen molar-refractivity contribution < 1.29 is 9.59 Å². The van der Waals surface area contributed by atoms with E-state index in [-0.39, 0.29) is 29.8 Å². The van der Waals surface area contributed by atoms with Crippen molar-refractivity contribution >= 4 is 17.5 Å². The first kappa shape index (κ1) is 15.5. The summed E-state index contributed by atoms with van der Waals surface area (Å²) in [6.45, 7) is 5.70. The number of nitrogens with two attached hydrogens (primary N) is 1. The largest absolute Gasteiger partial charge is 0.355 e. The molecule has 5 nitrogen and oxygen atoms in total. The Balaban J connectivity index is 2.57. The Bertz CT molecular complexity index is 571. The topological polar surface area (TPSA) is 75.4 Å². The van der Waals surface area contributed by atoms with Crippen LogP contribution < -0.4 is 16.0 Å². The molecular weight excluding hydrogens is 266 g/mol. The van der Waals surface area contributed by atoms with Crippen LogP contribution >= 0.6 is 0 Å². The van der Waals surface area contributed by atoms with Crippen molar-refractivity contribution in [3.05, 3.63) is 29.3 Å². The summed E-state index contributed by atoms with van der Waals surface area (Å²) in [5.41, 5.74) is 8.62. The van der Waals surface area contributed by atoms with Gasteiger partial charge in [-0.25, -0.2) is 0 Å². The first-order valence-electron chi connectivity index (χ1n) is 7.33. The Morgan fingerprint density at radius 2 is 2.05 bits per heavy atom. The molecule has 0 bridgehead atoms. The lowest BCUT2D eigenvalue weighted by Crippen LogP contribution is -2.50. The molecule has 3 atom stereocenters. The molecule has 1 aromatic rings. The fraction of sp³-hybridized carbons (Fsp3) is 0.500. The summed E-state index contributed by atoms with van der Waals surface area (Å²) in [7, 11) is 1.60. The molecule has 1 heterocycles. The third-order valence-electron chi connectivity index (χ3n) is 4.40. The molecule has 1 aliphatic heterocycles. The van der Waals surface area contributed by atoms with E-state index in [9.17, 15) is 9.59 Å². The Morgan fingerprint density at radius 3 is 2.57 bits per heavy atom. The van der Waals surface area contributed by atoms with E-state index in [1.165, 1.54) is 0 Å². The van der Waals surface area contributed by atoms with Crippen molar-refractivity contribution in [2.24, 2.45) is 11.7 Å². The highest BCUT2D eigenvalue weighted by Crippen LogP contribution is 2.40. The van der Waals surface area contributed by atoms with Crippen molar-refractivity contribution in [3.63, 3.8) is 0 Å². The number of rotatable bonds is 2. The standard InChI is InChI=1S/C16H23N3O2/c1-5-13-9(2)15(17)12-8-11(16(21)18-4)6-7-14(12)19(13)10(3)20/h6-9,13,15H,5,17H2,1-4H3,(H,18,21)/t9-,13-,15+/m0/s1.